The fourth-order valence-corrected chi connectivity index (χ4v) is 2.96. The van der Waals surface area contributed by atoms with Crippen molar-refractivity contribution >= 4 is 15.8 Å². The smallest absolute Gasteiger partial charge is 0.191 e. The number of aliphatic imine (C=N–C) groups is 1. The minimum Gasteiger partial charge on any atom is -0.355 e. The van der Waals surface area contributed by atoms with E-state index in [2.05, 4.69) is 22.5 Å². The lowest BCUT2D eigenvalue weighted by atomic mass is 9.87. The highest BCUT2D eigenvalue weighted by atomic mass is 32.2. The zero-order valence-electron chi connectivity index (χ0n) is 12.3. The van der Waals surface area contributed by atoms with Gasteiger partial charge >= 0.3 is 0 Å². The van der Waals surface area contributed by atoms with Crippen LogP contribution in [0.4, 0.5) is 0 Å². The van der Waals surface area contributed by atoms with Crippen molar-refractivity contribution in [3.05, 3.63) is 0 Å². The van der Waals surface area contributed by atoms with Crippen molar-refractivity contribution in [2.45, 2.75) is 45.6 Å². The van der Waals surface area contributed by atoms with Gasteiger partial charge in [-0.15, -0.1) is 0 Å². The van der Waals surface area contributed by atoms with Crippen LogP contribution in [-0.4, -0.2) is 45.5 Å². The van der Waals surface area contributed by atoms with E-state index in [4.69, 9.17) is 0 Å². The lowest BCUT2D eigenvalue weighted by Gasteiger charge is -2.28. The van der Waals surface area contributed by atoms with Gasteiger partial charge in [-0.2, -0.15) is 0 Å². The maximum atomic E-state index is 11.4. The molecule has 0 unspecified atom stereocenters. The van der Waals surface area contributed by atoms with Crippen molar-refractivity contribution in [2.24, 2.45) is 10.9 Å². The van der Waals surface area contributed by atoms with Crippen LogP contribution in [0.3, 0.4) is 0 Å². The molecule has 1 fully saturated rings. The van der Waals surface area contributed by atoms with Gasteiger partial charge in [-0.25, -0.2) is 8.42 Å². The van der Waals surface area contributed by atoms with Crippen molar-refractivity contribution in [3.63, 3.8) is 0 Å². The van der Waals surface area contributed by atoms with E-state index in [0.29, 0.717) is 18.5 Å². The predicted octanol–water partition coefficient (Wildman–Crippen LogP) is 1.16. The van der Waals surface area contributed by atoms with Crippen LogP contribution in [0.1, 0.15) is 39.5 Å². The molecule has 1 saturated carbocycles. The van der Waals surface area contributed by atoms with Gasteiger partial charge in [0.05, 0.1) is 5.75 Å². The van der Waals surface area contributed by atoms with Crippen molar-refractivity contribution in [3.8, 4) is 0 Å². The molecule has 112 valence electrons. The van der Waals surface area contributed by atoms with Crippen LogP contribution in [-0.2, 0) is 9.84 Å². The quantitative estimate of drug-likeness (QED) is 0.589. The number of guanidine groups is 1. The van der Waals surface area contributed by atoms with Gasteiger partial charge < -0.3 is 10.6 Å². The Morgan fingerprint density at radius 1 is 1.26 bits per heavy atom. The molecule has 1 aliphatic carbocycles. The molecule has 0 heterocycles. The fourth-order valence-electron chi connectivity index (χ4n) is 2.26. The minimum absolute atomic E-state index is 0.159. The van der Waals surface area contributed by atoms with Crippen LogP contribution >= 0.6 is 0 Å². The SMILES string of the molecule is CCS(=O)(=O)CCNC(=NC)NC1CCC(C)CC1. The second-order valence-electron chi connectivity index (χ2n) is 5.34. The minimum atomic E-state index is -2.91. The van der Waals surface area contributed by atoms with Crippen LogP contribution in [0.2, 0.25) is 0 Å². The number of rotatable bonds is 5. The first-order valence-corrected chi connectivity index (χ1v) is 8.96. The molecule has 6 heteroatoms. The molecule has 0 radical (unpaired) electrons. The van der Waals surface area contributed by atoms with Gasteiger partial charge in [0.25, 0.3) is 0 Å². The van der Waals surface area contributed by atoms with Crippen LogP contribution in [0.25, 0.3) is 0 Å². The highest BCUT2D eigenvalue weighted by Crippen LogP contribution is 2.23. The third-order valence-corrected chi connectivity index (χ3v) is 5.43. The molecule has 0 aliphatic heterocycles. The lowest BCUT2D eigenvalue weighted by Crippen LogP contribution is -2.45. The van der Waals surface area contributed by atoms with Gasteiger partial charge in [-0.3, -0.25) is 4.99 Å². The lowest BCUT2D eigenvalue weighted by molar-refractivity contribution is 0.329. The second-order valence-corrected chi connectivity index (χ2v) is 7.81. The van der Waals surface area contributed by atoms with Gasteiger partial charge in [-0.05, 0) is 31.6 Å². The summed E-state index contributed by atoms with van der Waals surface area (Å²) in [6.07, 6.45) is 4.82. The largest absolute Gasteiger partial charge is 0.355 e. The molecule has 0 amide bonds. The maximum absolute atomic E-state index is 11.4. The molecule has 0 aromatic carbocycles. The Morgan fingerprint density at radius 2 is 1.89 bits per heavy atom. The second kappa shape index (κ2) is 7.72. The molecule has 0 aromatic heterocycles. The van der Waals surface area contributed by atoms with Gasteiger partial charge in [0.2, 0.25) is 0 Å². The van der Waals surface area contributed by atoms with Crippen molar-refractivity contribution in [1.29, 1.82) is 0 Å². The summed E-state index contributed by atoms with van der Waals surface area (Å²) < 4.78 is 22.8. The number of nitrogens with one attached hydrogen (secondary N) is 2. The monoisotopic (exact) mass is 289 g/mol. The predicted molar refractivity (Wildman–Crippen MR) is 80.2 cm³/mol. The highest BCUT2D eigenvalue weighted by Gasteiger charge is 2.18. The summed E-state index contributed by atoms with van der Waals surface area (Å²) in [6.45, 7) is 4.38. The normalized spacial score (nSPS) is 25.1. The Morgan fingerprint density at radius 3 is 2.42 bits per heavy atom. The Bertz CT molecular complexity index is 385. The molecule has 19 heavy (non-hydrogen) atoms. The first-order valence-electron chi connectivity index (χ1n) is 7.14. The molecule has 0 saturated heterocycles. The number of nitrogens with zero attached hydrogens (tertiary/aromatic N) is 1. The topological polar surface area (TPSA) is 70.6 Å². The standard InChI is InChI=1S/C13H27N3O2S/c1-4-19(17,18)10-9-15-13(14-3)16-12-7-5-11(2)6-8-12/h11-12H,4-10H2,1-3H3,(H2,14,15,16). The molecule has 0 bridgehead atoms. The molecule has 2 N–H and O–H groups in total. The van der Waals surface area contributed by atoms with E-state index in [1.807, 2.05) is 0 Å². The van der Waals surface area contributed by atoms with Crippen LogP contribution < -0.4 is 10.6 Å². The zero-order chi connectivity index (χ0) is 14.3. The zero-order valence-corrected chi connectivity index (χ0v) is 13.1. The van der Waals surface area contributed by atoms with Crippen molar-refractivity contribution < 1.29 is 8.42 Å². The first kappa shape index (κ1) is 16.3. The van der Waals surface area contributed by atoms with E-state index < -0.39 is 9.84 Å². The van der Waals surface area contributed by atoms with Gasteiger partial charge in [0.15, 0.2) is 15.8 Å². The summed E-state index contributed by atoms with van der Waals surface area (Å²) in [5.74, 6) is 1.89. The maximum Gasteiger partial charge on any atom is 0.191 e. The Hall–Kier alpha value is -0.780. The average molecular weight is 289 g/mol. The van der Waals surface area contributed by atoms with Crippen molar-refractivity contribution in [1.82, 2.24) is 10.6 Å². The summed E-state index contributed by atoms with van der Waals surface area (Å²) in [6, 6.07) is 0.463. The molecular weight excluding hydrogens is 262 g/mol. The van der Waals surface area contributed by atoms with Crippen LogP contribution in [0.5, 0.6) is 0 Å². The molecule has 0 atom stereocenters. The van der Waals surface area contributed by atoms with Gasteiger partial charge in [0, 0.05) is 25.4 Å². The summed E-state index contributed by atoms with van der Waals surface area (Å²) in [5.41, 5.74) is 0. The van der Waals surface area contributed by atoms with Gasteiger partial charge in [0.1, 0.15) is 0 Å². The molecule has 1 rings (SSSR count). The van der Waals surface area contributed by atoms with E-state index in [0.717, 1.165) is 18.8 Å². The molecule has 0 spiro atoms. The third-order valence-electron chi connectivity index (χ3n) is 3.73. The van der Waals surface area contributed by atoms with Crippen LogP contribution in [0.15, 0.2) is 4.99 Å². The number of hydrogen-bond acceptors (Lipinski definition) is 3. The Labute approximate surface area is 117 Å². The van der Waals surface area contributed by atoms with E-state index in [-0.39, 0.29) is 11.5 Å². The third kappa shape index (κ3) is 6.27. The van der Waals surface area contributed by atoms with Gasteiger partial charge in [-0.1, -0.05) is 13.8 Å². The Kier molecular flexibility index (Phi) is 6.62. The summed E-state index contributed by atoms with van der Waals surface area (Å²) >= 11 is 0. The first-order chi connectivity index (χ1) is 8.96. The summed E-state index contributed by atoms with van der Waals surface area (Å²) in [4.78, 5) is 4.15. The number of hydrogen-bond donors (Lipinski definition) is 2. The van der Waals surface area contributed by atoms with E-state index >= 15 is 0 Å². The molecule has 5 nitrogen and oxygen atoms in total. The summed E-state index contributed by atoms with van der Waals surface area (Å²) in [5, 5.41) is 6.45. The molecule has 1 aliphatic rings. The number of sulfone groups is 1. The Balaban J connectivity index is 2.31. The van der Waals surface area contributed by atoms with E-state index in [9.17, 15) is 8.42 Å². The van der Waals surface area contributed by atoms with E-state index in [1.165, 1.54) is 12.8 Å². The van der Waals surface area contributed by atoms with Crippen molar-refractivity contribution in [2.75, 3.05) is 25.1 Å². The summed E-state index contributed by atoms with van der Waals surface area (Å²) in [7, 11) is -1.19. The molecule has 0 aromatic rings. The fraction of sp³-hybridized carbons (Fsp3) is 0.923. The highest BCUT2D eigenvalue weighted by molar-refractivity contribution is 7.91. The van der Waals surface area contributed by atoms with E-state index in [1.54, 1.807) is 14.0 Å². The average Bonchev–Trinajstić information content (AvgIpc) is 2.40. The van der Waals surface area contributed by atoms with Crippen LogP contribution in [0, 0.1) is 5.92 Å². The molecular formula is C13H27N3O2S.